The Morgan fingerprint density at radius 2 is 1.68 bits per heavy atom. The predicted octanol–water partition coefficient (Wildman–Crippen LogP) is 2.55. The molecule has 5 N–H and O–H groups in total. The van der Waals surface area contributed by atoms with E-state index < -0.39 is 0 Å². The molecule has 0 fully saturated rings. The molecule has 4 heteroatoms. The van der Waals surface area contributed by atoms with Crippen molar-refractivity contribution in [3.05, 3.63) is 60.3 Å². The smallest absolute Gasteiger partial charge is 0.0714 e. The minimum Gasteiger partial charge on any atom is -0.397 e. The summed E-state index contributed by atoms with van der Waals surface area (Å²) in [6.45, 7) is 0.759. The Morgan fingerprint density at radius 1 is 0.947 bits per heavy atom. The Balaban J connectivity index is 1.87. The SMILES string of the molecule is Nc1cc2ccn(NCc3ccccc3)c2cc1N. The van der Waals surface area contributed by atoms with Gasteiger partial charge in [0.05, 0.1) is 23.4 Å². The molecule has 0 aliphatic heterocycles. The number of nitrogen functional groups attached to an aromatic ring is 2. The van der Waals surface area contributed by atoms with Crippen LogP contribution in [0.3, 0.4) is 0 Å². The van der Waals surface area contributed by atoms with Gasteiger partial charge in [-0.15, -0.1) is 0 Å². The van der Waals surface area contributed by atoms with Gasteiger partial charge in [-0.3, -0.25) is 4.68 Å². The zero-order chi connectivity index (χ0) is 13.2. The third-order valence-electron chi connectivity index (χ3n) is 3.19. The molecule has 0 amide bonds. The summed E-state index contributed by atoms with van der Waals surface area (Å²) in [6.07, 6.45) is 1.98. The zero-order valence-corrected chi connectivity index (χ0v) is 10.5. The van der Waals surface area contributed by atoms with Crippen molar-refractivity contribution in [3.8, 4) is 0 Å². The second kappa shape index (κ2) is 4.57. The molecule has 0 aliphatic carbocycles. The number of nitrogens with one attached hydrogen (secondary N) is 1. The van der Waals surface area contributed by atoms with E-state index in [1.54, 1.807) is 0 Å². The van der Waals surface area contributed by atoms with E-state index in [0.717, 1.165) is 17.4 Å². The van der Waals surface area contributed by atoms with Gasteiger partial charge >= 0.3 is 0 Å². The number of nitrogens with two attached hydrogens (primary N) is 2. The lowest BCUT2D eigenvalue weighted by atomic mass is 10.2. The quantitative estimate of drug-likeness (QED) is 0.627. The molecule has 0 aliphatic rings. The minimum absolute atomic E-state index is 0.606. The second-order valence-electron chi connectivity index (χ2n) is 4.55. The summed E-state index contributed by atoms with van der Waals surface area (Å²) < 4.78 is 1.97. The lowest BCUT2D eigenvalue weighted by Gasteiger charge is -2.10. The van der Waals surface area contributed by atoms with Gasteiger partial charge in [-0.25, -0.2) is 0 Å². The van der Waals surface area contributed by atoms with Crippen LogP contribution in [0.2, 0.25) is 0 Å². The molecule has 96 valence electrons. The maximum absolute atomic E-state index is 5.86. The fraction of sp³-hybridized carbons (Fsp3) is 0.0667. The third-order valence-corrected chi connectivity index (χ3v) is 3.19. The van der Waals surface area contributed by atoms with E-state index >= 15 is 0 Å². The molecule has 3 rings (SSSR count). The van der Waals surface area contributed by atoms with Gasteiger partial charge < -0.3 is 16.9 Å². The molecule has 2 aromatic carbocycles. The molecule has 19 heavy (non-hydrogen) atoms. The fourth-order valence-corrected chi connectivity index (χ4v) is 2.13. The first kappa shape index (κ1) is 11.5. The van der Waals surface area contributed by atoms with E-state index in [1.165, 1.54) is 5.56 Å². The number of aromatic nitrogens is 1. The topological polar surface area (TPSA) is 69.0 Å². The normalized spacial score (nSPS) is 10.7. The highest BCUT2D eigenvalue weighted by molar-refractivity contribution is 5.89. The minimum atomic E-state index is 0.606. The first-order valence-electron chi connectivity index (χ1n) is 6.18. The van der Waals surface area contributed by atoms with Gasteiger partial charge in [0.15, 0.2) is 0 Å². The Labute approximate surface area is 111 Å². The molecule has 0 radical (unpaired) electrons. The molecule has 1 aromatic heterocycles. The van der Waals surface area contributed by atoms with E-state index in [-0.39, 0.29) is 0 Å². The Kier molecular flexibility index (Phi) is 2.76. The average Bonchev–Trinajstić information content (AvgIpc) is 2.80. The van der Waals surface area contributed by atoms with E-state index in [1.807, 2.05) is 47.3 Å². The van der Waals surface area contributed by atoms with Crippen molar-refractivity contribution in [2.24, 2.45) is 0 Å². The molecule has 0 bridgehead atoms. The molecular formula is C15H16N4. The molecule has 0 unspecified atom stereocenters. The maximum atomic E-state index is 5.86. The molecule has 0 saturated heterocycles. The van der Waals surface area contributed by atoms with Gasteiger partial charge in [0.25, 0.3) is 0 Å². The van der Waals surface area contributed by atoms with Crippen molar-refractivity contribution in [1.29, 1.82) is 0 Å². The average molecular weight is 252 g/mol. The van der Waals surface area contributed by atoms with Crippen LogP contribution in [0, 0.1) is 0 Å². The number of benzene rings is 2. The van der Waals surface area contributed by atoms with Gasteiger partial charge in [-0.05, 0) is 23.8 Å². The van der Waals surface area contributed by atoms with Crippen LogP contribution in [0.5, 0.6) is 0 Å². The van der Waals surface area contributed by atoms with Crippen molar-refractivity contribution in [2.45, 2.75) is 6.54 Å². The number of hydrogen-bond acceptors (Lipinski definition) is 3. The number of nitrogens with zero attached hydrogens (tertiary/aromatic N) is 1. The van der Waals surface area contributed by atoms with Crippen LogP contribution in [0.1, 0.15) is 5.56 Å². The van der Waals surface area contributed by atoms with Crippen molar-refractivity contribution in [2.75, 3.05) is 16.9 Å². The Hall–Kier alpha value is -2.62. The molecule has 0 spiro atoms. The van der Waals surface area contributed by atoms with Crippen molar-refractivity contribution in [1.82, 2.24) is 4.68 Å². The Bertz CT molecular complexity index is 701. The van der Waals surface area contributed by atoms with Crippen LogP contribution in [0.25, 0.3) is 10.9 Å². The summed E-state index contributed by atoms with van der Waals surface area (Å²) in [4.78, 5) is 0. The lowest BCUT2D eigenvalue weighted by Crippen LogP contribution is -2.12. The van der Waals surface area contributed by atoms with Crippen LogP contribution in [-0.4, -0.2) is 4.68 Å². The summed E-state index contributed by atoms with van der Waals surface area (Å²) in [7, 11) is 0. The van der Waals surface area contributed by atoms with Crippen LogP contribution in [-0.2, 0) is 6.54 Å². The summed E-state index contributed by atoms with van der Waals surface area (Å²) in [6, 6.07) is 16.1. The van der Waals surface area contributed by atoms with Gasteiger partial charge in [0.1, 0.15) is 0 Å². The van der Waals surface area contributed by atoms with E-state index in [4.69, 9.17) is 11.5 Å². The molecule has 3 aromatic rings. The predicted molar refractivity (Wildman–Crippen MR) is 80.3 cm³/mol. The zero-order valence-electron chi connectivity index (χ0n) is 10.5. The van der Waals surface area contributed by atoms with E-state index in [9.17, 15) is 0 Å². The van der Waals surface area contributed by atoms with Gasteiger partial charge in [0.2, 0.25) is 0 Å². The summed E-state index contributed by atoms with van der Waals surface area (Å²) in [5.41, 5.74) is 18.5. The fourth-order valence-electron chi connectivity index (χ4n) is 2.13. The van der Waals surface area contributed by atoms with Gasteiger partial charge in [-0.2, -0.15) is 0 Å². The third kappa shape index (κ3) is 2.20. The number of fused-ring (bicyclic) bond motifs is 1. The number of hydrogen-bond donors (Lipinski definition) is 3. The highest BCUT2D eigenvalue weighted by Gasteiger charge is 2.04. The van der Waals surface area contributed by atoms with Gasteiger partial charge in [0, 0.05) is 11.6 Å². The van der Waals surface area contributed by atoms with Crippen LogP contribution >= 0.6 is 0 Å². The maximum Gasteiger partial charge on any atom is 0.0714 e. The largest absolute Gasteiger partial charge is 0.397 e. The highest BCUT2D eigenvalue weighted by Crippen LogP contribution is 2.24. The van der Waals surface area contributed by atoms with Crippen molar-refractivity contribution in [3.63, 3.8) is 0 Å². The van der Waals surface area contributed by atoms with Crippen molar-refractivity contribution < 1.29 is 0 Å². The molecule has 4 nitrogen and oxygen atoms in total. The first-order valence-corrected chi connectivity index (χ1v) is 6.18. The summed E-state index contributed by atoms with van der Waals surface area (Å²) >= 11 is 0. The lowest BCUT2D eigenvalue weighted by molar-refractivity contribution is 0.874. The monoisotopic (exact) mass is 252 g/mol. The molecule has 0 saturated carbocycles. The van der Waals surface area contributed by atoms with Crippen LogP contribution in [0.15, 0.2) is 54.7 Å². The highest BCUT2D eigenvalue weighted by atomic mass is 15.4. The first-order chi connectivity index (χ1) is 9.24. The van der Waals surface area contributed by atoms with Crippen LogP contribution < -0.4 is 16.9 Å². The standard InChI is InChI=1S/C15H16N4/c16-13-8-12-6-7-19(15(12)9-14(13)17)18-10-11-4-2-1-3-5-11/h1-9,18H,10,16-17H2. The van der Waals surface area contributed by atoms with E-state index in [2.05, 4.69) is 17.6 Å². The molecule has 1 heterocycles. The molecular weight excluding hydrogens is 236 g/mol. The second-order valence-corrected chi connectivity index (χ2v) is 4.55. The van der Waals surface area contributed by atoms with Crippen molar-refractivity contribution >= 4 is 22.3 Å². The van der Waals surface area contributed by atoms with Crippen LogP contribution in [0.4, 0.5) is 11.4 Å². The number of rotatable bonds is 3. The van der Waals surface area contributed by atoms with Gasteiger partial charge in [-0.1, -0.05) is 30.3 Å². The molecule has 0 atom stereocenters. The van der Waals surface area contributed by atoms with E-state index in [0.29, 0.717) is 11.4 Å². The summed E-state index contributed by atoms with van der Waals surface area (Å²) in [5, 5.41) is 1.08. The Morgan fingerprint density at radius 3 is 2.47 bits per heavy atom. The number of anilines is 2. The summed E-state index contributed by atoms with van der Waals surface area (Å²) in [5.74, 6) is 0.